The van der Waals surface area contributed by atoms with E-state index in [1.54, 1.807) is 23.9 Å². The number of carbonyl (C=O) groups excluding carboxylic acids is 3. The molecule has 31 heavy (non-hydrogen) atoms. The van der Waals surface area contributed by atoms with Gasteiger partial charge < -0.3 is 14.7 Å². The van der Waals surface area contributed by atoms with Crippen LogP contribution in [-0.4, -0.2) is 86.4 Å². The van der Waals surface area contributed by atoms with Crippen molar-refractivity contribution in [2.45, 2.75) is 32.4 Å². The molecule has 10 nitrogen and oxygen atoms in total. The molecule has 3 amide bonds. The zero-order chi connectivity index (χ0) is 22.0. The first-order valence-corrected chi connectivity index (χ1v) is 10.4. The minimum Gasteiger partial charge on any atom is -0.347 e. The molecule has 164 valence electrons. The predicted octanol–water partition coefficient (Wildman–Crippen LogP) is -0.0450. The van der Waals surface area contributed by atoms with Crippen LogP contribution < -0.4 is 0 Å². The molecule has 0 saturated carbocycles. The lowest BCUT2D eigenvalue weighted by atomic mass is 9.73. The van der Waals surface area contributed by atoms with Crippen LogP contribution in [-0.2, 0) is 33.9 Å². The van der Waals surface area contributed by atoms with E-state index >= 15 is 0 Å². The molecule has 0 aliphatic carbocycles. The number of carbonyl (C=O) groups is 3. The molecule has 1 aromatic heterocycles. The van der Waals surface area contributed by atoms with Crippen LogP contribution in [0.2, 0.25) is 0 Å². The second kappa shape index (κ2) is 8.44. The van der Waals surface area contributed by atoms with Gasteiger partial charge in [-0.2, -0.15) is 0 Å². The first-order valence-electron chi connectivity index (χ1n) is 10.4. The molecular weight excluding hydrogens is 398 g/mol. The summed E-state index contributed by atoms with van der Waals surface area (Å²) in [5.74, 6) is -0.160. The summed E-state index contributed by atoms with van der Waals surface area (Å²) in [6.07, 6.45) is 3.17. The van der Waals surface area contributed by atoms with Gasteiger partial charge in [0.15, 0.2) is 0 Å². The van der Waals surface area contributed by atoms with E-state index in [4.69, 9.17) is 0 Å². The number of likely N-dealkylation sites (tertiary alicyclic amines) is 1. The number of rotatable bonds is 4. The number of benzene rings is 1. The Hall–Kier alpha value is -3.30. The summed E-state index contributed by atoms with van der Waals surface area (Å²) in [5.41, 5.74) is 1.62. The van der Waals surface area contributed by atoms with Crippen molar-refractivity contribution in [1.82, 2.24) is 34.9 Å². The van der Waals surface area contributed by atoms with E-state index in [1.165, 1.54) is 15.9 Å². The quantitative estimate of drug-likeness (QED) is 0.681. The molecule has 2 aliphatic rings. The average Bonchev–Trinajstić information content (AvgIpc) is 3.23. The summed E-state index contributed by atoms with van der Waals surface area (Å²) in [7, 11) is 3.40. The molecular formula is C21H27N7O3. The van der Waals surface area contributed by atoms with Gasteiger partial charge in [-0.3, -0.25) is 14.4 Å². The summed E-state index contributed by atoms with van der Waals surface area (Å²) in [4.78, 5) is 43.7. The van der Waals surface area contributed by atoms with Crippen molar-refractivity contribution in [2.24, 2.45) is 5.41 Å². The van der Waals surface area contributed by atoms with Gasteiger partial charge in [0.05, 0.1) is 5.41 Å². The number of aromatic nitrogens is 4. The summed E-state index contributed by atoms with van der Waals surface area (Å²) in [6.45, 7) is 1.55. The fourth-order valence-corrected chi connectivity index (χ4v) is 4.44. The van der Waals surface area contributed by atoms with Gasteiger partial charge in [-0.05, 0) is 40.8 Å². The molecule has 1 saturated heterocycles. The Morgan fingerprint density at radius 2 is 1.81 bits per heavy atom. The first kappa shape index (κ1) is 21.0. The van der Waals surface area contributed by atoms with Gasteiger partial charge in [-0.15, -0.1) is 5.10 Å². The SMILES string of the molecule is CN(C)C(=O)CN1Cc2ccccc2CC2(CCN(C(=O)Cn3cnnn3)CC2)C1=O. The van der Waals surface area contributed by atoms with Gasteiger partial charge in [-0.1, -0.05) is 24.3 Å². The fraction of sp³-hybridized carbons (Fsp3) is 0.524. The average molecular weight is 425 g/mol. The lowest BCUT2D eigenvalue weighted by molar-refractivity contribution is -0.151. The maximum absolute atomic E-state index is 13.7. The standard InChI is InChI=1S/C21H27N7O3/c1-25(2)18(29)13-27-12-17-6-4-3-5-16(17)11-21(20(27)31)7-9-26(10-8-21)19(30)14-28-15-22-23-24-28/h3-6,15H,7-14H2,1-2H3. The van der Waals surface area contributed by atoms with Crippen LogP contribution >= 0.6 is 0 Å². The summed E-state index contributed by atoms with van der Waals surface area (Å²) in [6, 6.07) is 8.05. The van der Waals surface area contributed by atoms with Gasteiger partial charge >= 0.3 is 0 Å². The maximum Gasteiger partial charge on any atom is 0.244 e. The highest BCUT2D eigenvalue weighted by atomic mass is 16.2. The lowest BCUT2D eigenvalue weighted by Crippen LogP contribution is -2.53. The van der Waals surface area contributed by atoms with Gasteiger partial charge in [-0.25, -0.2) is 4.68 Å². The molecule has 1 aromatic carbocycles. The lowest BCUT2D eigenvalue weighted by Gasteiger charge is -2.42. The number of amides is 3. The Bertz CT molecular complexity index is 965. The van der Waals surface area contributed by atoms with Gasteiger partial charge in [0.2, 0.25) is 17.7 Å². The highest BCUT2D eigenvalue weighted by Gasteiger charge is 2.46. The zero-order valence-corrected chi connectivity index (χ0v) is 17.9. The highest BCUT2D eigenvalue weighted by Crippen LogP contribution is 2.40. The number of hydrogen-bond acceptors (Lipinski definition) is 6. The van der Waals surface area contributed by atoms with Crippen molar-refractivity contribution in [2.75, 3.05) is 33.7 Å². The Morgan fingerprint density at radius 1 is 1.10 bits per heavy atom. The van der Waals surface area contributed by atoms with Crippen LogP contribution in [0.4, 0.5) is 0 Å². The first-order chi connectivity index (χ1) is 14.9. The molecule has 10 heteroatoms. The molecule has 0 N–H and O–H groups in total. The second-order valence-corrected chi connectivity index (χ2v) is 8.56. The Labute approximate surface area is 180 Å². The predicted molar refractivity (Wildman–Crippen MR) is 110 cm³/mol. The van der Waals surface area contributed by atoms with E-state index in [9.17, 15) is 14.4 Å². The molecule has 1 spiro atoms. The number of hydrogen-bond donors (Lipinski definition) is 0. The van der Waals surface area contributed by atoms with E-state index in [2.05, 4.69) is 21.6 Å². The Morgan fingerprint density at radius 3 is 2.45 bits per heavy atom. The van der Waals surface area contributed by atoms with E-state index in [0.29, 0.717) is 38.9 Å². The third kappa shape index (κ3) is 4.28. The van der Waals surface area contributed by atoms with E-state index in [-0.39, 0.29) is 30.8 Å². The van der Waals surface area contributed by atoms with Gasteiger partial charge in [0, 0.05) is 33.7 Å². The molecule has 4 rings (SSSR count). The molecule has 0 unspecified atom stereocenters. The van der Waals surface area contributed by atoms with Gasteiger partial charge in [0.25, 0.3) is 0 Å². The minimum atomic E-state index is -0.606. The van der Waals surface area contributed by atoms with Crippen molar-refractivity contribution in [3.05, 3.63) is 41.7 Å². The van der Waals surface area contributed by atoms with Crippen molar-refractivity contribution < 1.29 is 14.4 Å². The van der Waals surface area contributed by atoms with E-state index in [0.717, 1.165) is 11.1 Å². The number of tetrazole rings is 1. The van der Waals surface area contributed by atoms with Gasteiger partial charge in [0.1, 0.15) is 19.4 Å². The summed E-state index contributed by atoms with van der Waals surface area (Å²) < 4.78 is 1.40. The third-order valence-electron chi connectivity index (χ3n) is 6.34. The normalized spacial score (nSPS) is 17.9. The smallest absolute Gasteiger partial charge is 0.244 e. The molecule has 0 bridgehead atoms. The monoisotopic (exact) mass is 425 g/mol. The molecule has 1 fully saturated rings. The number of nitrogens with zero attached hydrogens (tertiary/aromatic N) is 7. The molecule has 3 heterocycles. The Kier molecular flexibility index (Phi) is 5.71. The molecule has 0 radical (unpaired) electrons. The molecule has 2 aromatic rings. The van der Waals surface area contributed by atoms with Crippen molar-refractivity contribution in [3.8, 4) is 0 Å². The van der Waals surface area contributed by atoms with Crippen LogP contribution in [0, 0.1) is 5.41 Å². The molecule has 2 aliphatic heterocycles. The van der Waals surface area contributed by atoms with Crippen LogP contribution in [0.25, 0.3) is 0 Å². The van der Waals surface area contributed by atoms with Crippen LogP contribution in [0.3, 0.4) is 0 Å². The van der Waals surface area contributed by atoms with Crippen molar-refractivity contribution in [1.29, 1.82) is 0 Å². The minimum absolute atomic E-state index is 0.00600. The topological polar surface area (TPSA) is 105 Å². The van der Waals surface area contributed by atoms with Crippen molar-refractivity contribution in [3.63, 3.8) is 0 Å². The maximum atomic E-state index is 13.7. The highest BCUT2D eigenvalue weighted by molar-refractivity contribution is 5.89. The number of likely N-dealkylation sites (N-methyl/N-ethyl adjacent to an activating group) is 1. The number of piperidine rings is 1. The van der Waals surface area contributed by atoms with E-state index in [1.807, 2.05) is 18.2 Å². The van der Waals surface area contributed by atoms with Crippen LogP contribution in [0.1, 0.15) is 24.0 Å². The number of fused-ring (bicyclic) bond motifs is 1. The van der Waals surface area contributed by atoms with Crippen LogP contribution in [0.15, 0.2) is 30.6 Å². The summed E-state index contributed by atoms with van der Waals surface area (Å²) >= 11 is 0. The fourth-order valence-electron chi connectivity index (χ4n) is 4.44. The van der Waals surface area contributed by atoms with Crippen LogP contribution in [0.5, 0.6) is 0 Å². The second-order valence-electron chi connectivity index (χ2n) is 8.56. The van der Waals surface area contributed by atoms with Crippen molar-refractivity contribution >= 4 is 17.7 Å². The van der Waals surface area contributed by atoms with E-state index < -0.39 is 5.41 Å². The largest absolute Gasteiger partial charge is 0.347 e. The Balaban J connectivity index is 1.54. The third-order valence-corrected chi connectivity index (χ3v) is 6.34. The zero-order valence-electron chi connectivity index (χ0n) is 17.9. The molecule has 0 atom stereocenters. The summed E-state index contributed by atoms with van der Waals surface area (Å²) in [5, 5.41) is 10.9.